The topological polar surface area (TPSA) is 68.2 Å². The van der Waals surface area contributed by atoms with Crippen LogP contribution in [0.15, 0.2) is 48.9 Å². The lowest BCUT2D eigenvalue weighted by molar-refractivity contribution is -0.137. The summed E-state index contributed by atoms with van der Waals surface area (Å²) < 4.78 is 59.0. The lowest BCUT2D eigenvalue weighted by Crippen LogP contribution is -2.51. The Hall–Kier alpha value is -3.56. The maximum absolute atomic E-state index is 14.5. The molecule has 4 atom stereocenters. The Kier molecular flexibility index (Phi) is 5.69. The van der Waals surface area contributed by atoms with E-state index in [1.54, 1.807) is 24.1 Å². The highest BCUT2D eigenvalue weighted by Gasteiger charge is 2.53. The second kappa shape index (κ2) is 8.58. The first kappa shape index (κ1) is 23.2. The molecule has 10 heteroatoms. The standard InChI is InChI=1S/C25H22F4N4O2/c1-13-8-17(22-18(26)4-3-7-30-22)23(32-11-13)24(34)33-14(2)15-9-19(33)20(10-15)35-21-6-5-16(12-31-21)25(27,28)29/h3-8,11-12,14-15,19-20H,9-10H2,1-2H3. The van der Waals surface area contributed by atoms with Crippen LogP contribution in [0.1, 0.15) is 41.4 Å². The Morgan fingerprint density at radius 3 is 2.57 bits per heavy atom. The maximum Gasteiger partial charge on any atom is 0.417 e. The number of ether oxygens (including phenoxy) is 1. The zero-order valence-corrected chi connectivity index (χ0v) is 19.0. The van der Waals surface area contributed by atoms with Crippen molar-refractivity contribution in [1.29, 1.82) is 0 Å². The number of piperidine rings is 1. The van der Waals surface area contributed by atoms with Crippen LogP contribution < -0.4 is 4.74 Å². The van der Waals surface area contributed by atoms with Gasteiger partial charge in [-0.15, -0.1) is 0 Å². The number of aryl methyl sites for hydroxylation is 1. The molecule has 3 aromatic heterocycles. The molecule has 2 bridgehead atoms. The van der Waals surface area contributed by atoms with Gasteiger partial charge in [-0.2, -0.15) is 13.2 Å². The predicted octanol–water partition coefficient (Wildman–Crippen LogP) is 5.08. The van der Waals surface area contributed by atoms with Gasteiger partial charge in [0.1, 0.15) is 23.3 Å². The van der Waals surface area contributed by atoms with Crippen LogP contribution in [0.25, 0.3) is 11.3 Å². The number of carbonyl (C=O) groups is 1. The van der Waals surface area contributed by atoms with Gasteiger partial charge in [-0.3, -0.25) is 14.8 Å². The number of fused-ring (bicyclic) bond motifs is 2. The van der Waals surface area contributed by atoms with Crippen LogP contribution >= 0.6 is 0 Å². The predicted molar refractivity (Wildman–Crippen MR) is 118 cm³/mol. The number of likely N-dealkylation sites (tertiary alicyclic amines) is 1. The number of halogens is 4. The quantitative estimate of drug-likeness (QED) is 0.482. The molecule has 5 rings (SSSR count). The first-order chi connectivity index (χ1) is 16.6. The molecule has 1 aliphatic carbocycles. The minimum atomic E-state index is -4.48. The average Bonchev–Trinajstić information content (AvgIpc) is 3.36. The van der Waals surface area contributed by atoms with Crippen LogP contribution in [-0.4, -0.2) is 43.9 Å². The van der Waals surface area contributed by atoms with Crippen molar-refractivity contribution in [2.75, 3.05) is 0 Å². The first-order valence-corrected chi connectivity index (χ1v) is 11.2. The number of alkyl halides is 3. The Bertz CT molecular complexity index is 1270. The molecule has 0 spiro atoms. The Labute approximate surface area is 199 Å². The second-order valence-corrected chi connectivity index (χ2v) is 9.03. The van der Waals surface area contributed by atoms with Gasteiger partial charge in [-0.25, -0.2) is 9.37 Å². The summed E-state index contributed by atoms with van der Waals surface area (Å²) in [6.07, 6.45) is 0.177. The zero-order chi connectivity index (χ0) is 24.9. The summed E-state index contributed by atoms with van der Waals surface area (Å²) in [5.74, 6) is -0.692. The summed E-state index contributed by atoms with van der Waals surface area (Å²) in [6.45, 7) is 3.75. The van der Waals surface area contributed by atoms with E-state index in [0.717, 1.165) is 17.8 Å². The van der Waals surface area contributed by atoms with E-state index in [1.807, 2.05) is 6.92 Å². The summed E-state index contributed by atoms with van der Waals surface area (Å²) in [4.78, 5) is 27.7. The lowest BCUT2D eigenvalue weighted by atomic mass is 9.98. The van der Waals surface area contributed by atoms with Crippen molar-refractivity contribution in [3.63, 3.8) is 0 Å². The van der Waals surface area contributed by atoms with Gasteiger partial charge in [-0.1, -0.05) is 0 Å². The molecule has 6 nitrogen and oxygen atoms in total. The summed E-state index contributed by atoms with van der Waals surface area (Å²) in [5.41, 5.74) is 0.352. The van der Waals surface area contributed by atoms with Crippen molar-refractivity contribution < 1.29 is 27.1 Å². The molecule has 182 valence electrons. The molecule has 1 saturated carbocycles. The molecule has 0 N–H and O–H groups in total. The highest BCUT2D eigenvalue weighted by Crippen LogP contribution is 2.45. The van der Waals surface area contributed by atoms with Crippen molar-refractivity contribution in [2.24, 2.45) is 5.92 Å². The van der Waals surface area contributed by atoms with E-state index >= 15 is 0 Å². The molecular formula is C25H22F4N4O2. The molecule has 1 amide bonds. The van der Waals surface area contributed by atoms with Gasteiger partial charge < -0.3 is 9.64 Å². The summed E-state index contributed by atoms with van der Waals surface area (Å²) in [6, 6.07) is 6.14. The third-order valence-corrected chi connectivity index (χ3v) is 6.80. The van der Waals surface area contributed by atoms with Crippen molar-refractivity contribution in [3.8, 4) is 17.1 Å². The number of rotatable bonds is 4. The van der Waals surface area contributed by atoms with E-state index in [-0.39, 0.29) is 41.2 Å². The Morgan fingerprint density at radius 1 is 1.11 bits per heavy atom. The number of hydrogen-bond donors (Lipinski definition) is 0. The van der Waals surface area contributed by atoms with E-state index in [2.05, 4.69) is 15.0 Å². The van der Waals surface area contributed by atoms with Gasteiger partial charge in [0.2, 0.25) is 5.88 Å². The van der Waals surface area contributed by atoms with E-state index in [4.69, 9.17) is 4.74 Å². The monoisotopic (exact) mass is 486 g/mol. The van der Waals surface area contributed by atoms with E-state index in [0.29, 0.717) is 18.4 Å². The molecule has 2 aliphatic rings. The van der Waals surface area contributed by atoms with E-state index in [1.165, 1.54) is 24.4 Å². The summed E-state index contributed by atoms with van der Waals surface area (Å²) in [7, 11) is 0. The molecule has 35 heavy (non-hydrogen) atoms. The number of hydrogen-bond acceptors (Lipinski definition) is 5. The molecule has 4 unspecified atom stereocenters. The van der Waals surface area contributed by atoms with Gasteiger partial charge in [-0.05, 0) is 62.4 Å². The fourth-order valence-corrected chi connectivity index (χ4v) is 5.09. The number of amides is 1. The normalized spacial score (nSPS) is 23.5. The SMILES string of the molecule is Cc1cnc(C(=O)N2C(C)C3CC(Oc4ccc(C(F)(F)F)cn4)C2C3)c(-c2ncccc2F)c1. The fourth-order valence-electron chi connectivity index (χ4n) is 5.09. The molecule has 2 fully saturated rings. The van der Waals surface area contributed by atoms with Crippen LogP contribution in [0.3, 0.4) is 0 Å². The average molecular weight is 486 g/mol. The van der Waals surface area contributed by atoms with Crippen LogP contribution in [0.4, 0.5) is 17.6 Å². The summed E-state index contributed by atoms with van der Waals surface area (Å²) >= 11 is 0. The smallest absolute Gasteiger partial charge is 0.417 e. The van der Waals surface area contributed by atoms with Crippen molar-refractivity contribution in [1.82, 2.24) is 19.9 Å². The minimum absolute atomic E-state index is 0.0470. The molecule has 1 aliphatic heterocycles. The Balaban J connectivity index is 1.42. The highest BCUT2D eigenvalue weighted by atomic mass is 19.4. The second-order valence-electron chi connectivity index (χ2n) is 9.03. The lowest BCUT2D eigenvalue weighted by Gasteiger charge is -2.37. The van der Waals surface area contributed by atoms with Crippen LogP contribution in [0.2, 0.25) is 0 Å². The molecular weight excluding hydrogens is 464 g/mol. The molecule has 1 saturated heterocycles. The van der Waals surface area contributed by atoms with E-state index < -0.39 is 23.7 Å². The zero-order valence-electron chi connectivity index (χ0n) is 19.0. The molecule has 4 heterocycles. The minimum Gasteiger partial charge on any atom is -0.472 e. The summed E-state index contributed by atoms with van der Waals surface area (Å²) in [5, 5.41) is 0. The largest absolute Gasteiger partial charge is 0.472 e. The van der Waals surface area contributed by atoms with Gasteiger partial charge in [0.15, 0.2) is 0 Å². The van der Waals surface area contributed by atoms with Crippen molar-refractivity contribution in [3.05, 3.63) is 71.6 Å². The third-order valence-electron chi connectivity index (χ3n) is 6.80. The van der Waals surface area contributed by atoms with E-state index in [9.17, 15) is 22.4 Å². The molecule has 0 aromatic carbocycles. The Morgan fingerprint density at radius 2 is 1.91 bits per heavy atom. The van der Waals surface area contributed by atoms with Gasteiger partial charge in [0.25, 0.3) is 5.91 Å². The highest BCUT2D eigenvalue weighted by molar-refractivity contribution is 5.99. The van der Waals surface area contributed by atoms with Gasteiger partial charge >= 0.3 is 6.18 Å². The molecule has 3 aromatic rings. The fraction of sp³-hybridized carbons (Fsp3) is 0.360. The first-order valence-electron chi connectivity index (χ1n) is 11.2. The number of aromatic nitrogens is 3. The number of pyridine rings is 3. The maximum atomic E-state index is 14.5. The van der Waals surface area contributed by atoms with Crippen LogP contribution in [0, 0.1) is 18.7 Å². The van der Waals surface area contributed by atoms with Gasteiger partial charge in [0, 0.05) is 36.3 Å². The number of nitrogens with zero attached hydrogens (tertiary/aromatic N) is 4. The van der Waals surface area contributed by atoms with Crippen molar-refractivity contribution >= 4 is 5.91 Å². The van der Waals surface area contributed by atoms with Crippen LogP contribution in [0.5, 0.6) is 5.88 Å². The van der Waals surface area contributed by atoms with Crippen LogP contribution in [-0.2, 0) is 6.18 Å². The van der Waals surface area contributed by atoms with Crippen molar-refractivity contribution in [2.45, 2.75) is 51.1 Å². The number of carbonyl (C=O) groups excluding carboxylic acids is 1. The molecule has 0 radical (unpaired) electrons. The van der Waals surface area contributed by atoms with Gasteiger partial charge in [0.05, 0.1) is 11.6 Å². The third kappa shape index (κ3) is 4.21.